The zero-order valence-corrected chi connectivity index (χ0v) is 36.1. The number of benzene rings is 4. The van der Waals surface area contributed by atoms with Crippen molar-refractivity contribution in [3.8, 4) is 44.9 Å². The molecule has 2 heterocycles. The summed E-state index contributed by atoms with van der Waals surface area (Å²) in [5, 5.41) is 5.10. The molecule has 2 nitrogen and oxygen atoms in total. The van der Waals surface area contributed by atoms with E-state index in [-0.39, 0.29) is 5.43 Å². The molecule has 0 spiro atoms. The van der Waals surface area contributed by atoms with Crippen LogP contribution in [-0.4, -0.2) is 5.43 Å². The van der Waals surface area contributed by atoms with Gasteiger partial charge in [0.1, 0.15) is 0 Å². The van der Waals surface area contributed by atoms with E-state index in [0.29, 0.717) is 0 Å². The summed E-state index contributed by atoms with van der Waals surface area (Å²) in [7, 11) is 11.2. The Balaban J connectivity index is 0.000000155. The maximum absolute atomic E-state index is 5.91. The standard InChI is InChI=1S/2C22H19O.C2H6Si.2ClH.Zr/c2*1-14-9-10-18-12-19(21-11-15(2)16(3)23-21)13-20(18)22(14)17-7-5-4-6-8-17;1-3-2;;;/h2*4-13H,1-3H3;1-2H3;2*1H;/q2*-1;;;;+2/p-2. The second-order valence-electron chi connectivity index (χ2n) is 13.7. The van der Waals surface area contributed by atoms with Crippen LogP contribution in [0, 0.1) is 41.5 Å². The molecule has 6 heteroatoms. The largest absolute Gasteiger partial charge is 0.496 e. The molecule has 0 atom stereocenters. The molecule has 0 saturated carbocycles. The van der Waals surface area contributed by atoms with Gasteiger partial charge in [-0.15, -0.1) is 57.9 Å². The maximum Gasteiger partial charge on any atom is 0.0925 e. The van der Waals surface area contributed by atoms with Gasteiger partial charge in [0.05, 0.1) is 23.0 Å². The van der Waals surface area contributed by atoms with Crippen molar-refractivity contribution in [2.24, 2.45) is 0 Å². The van der Waals surface area contributed by atoms with Crippen molar-refractivity contribution in [3.63, 3.8) is 0 Å². The first-order chi connectivity index (χ1) is 24.9. The second kappa shape index (κ2) is 16.6. The minimum Gasteiger partial charge on any atom is -0.496 e. The third-order valence-electron chi connectivity index (χ3n) is 9.60. The molecule has 2 aromatic heterocycles. The molecule has 0 unspecified atom stereocenters. The number of hydrogen-bond donors (Lipinski definition) is 0. The van der Waals surface area contributed by atoms with Crippen LogP contribution in [0.1, 0.15) is 33.8 Å². The van der Waals surface area contributed by atoms with Crippen LogP contribution >= 0.6 is 17.0 Å². The van der Waals surface area contributed by atoms with Crippen LogP contribution in [0.2, 0.25) is 13.1 Å². The Kier molecular flexibility index (Phi) is 12.1. The number of rotatable bonds is 4. The van der Waals surface area contributed by atoms with Crippen LogP contribution in [0.5, 0.6) is 0 Å². The van der Waals surface area contributed by atoms with E-state index in [0.717, 1.165) is 34.2 Å². The molecule has 0 bridgehead atoms. The van der Waals surface area contributed by atoms with Gasteiger partial charge >= 0.3 is 53.5 Å². The van der Waals surface area contributed by atoms with E-state index in [2.05, 4.69) is 162 Å². The van der Waals surface area contributed by atoms with E-state index in [1.54, 1.807) is 0 Å². The Morgan fingerprint density at radius 2 is 0.865 bits per heavy atom. The molecule has 0 fully saturated rings. The molecule has 264 valence electrons. The Morgan fingerprint density at radius 1 is 0.500 bits per heavy atom. The molecule has 0 aliphatic rings. The number of halogens is 2. The summed E-state index contributed by atoms with van der Waals surface area (Å²) in [4.78, 5) is 0. The first kappa shape index (κ1) is 38.1. The molecule has 0 saturated heterocycles. The van der Waals surface area contributed by atoms with E-state index >= 15 is 0 Å². The Hall–Kier alpha value is -3.66. The summed E-state index contributed by atoms with van der Waals surface area (Å²) in [5.41, 5.74) is 12.2. The summed E-state index contributed by atoms with van der Waals surface area (Å²) >= 11 is -1.65. The fourth-order valence-corrected chi connectivity index (χ4v) is 6.47. The van der Waals surface area contributed by atoms with Crippen LogP contribution in [0.3, 0.4) is 0 Å². The smallest absolute Gasteiger partial charge is 0.0925 e. The van der Waals surface area contributed by atoms with Crippen molar-refractivity contribution in [3.05, 3.63) is 155 Å². The van der Waals surface area contributed by atoms with Gasteiger partial charge in [0.25, 0.3) is 0 Å². The van der Waals surface area contributed by atoms with Crippen LogP contribution in [0.4, 0.5) is 0 Å². The fraction of sp³-hybridized carbons (Fsp3) is 0.174. The van der Waals surface area contributed by atoms with Crippen LogP contribution in [0.15, 0.2) is 130 Å². The zero-order chi connectivity index (χ0) is 37.1. The minimum atomic E-state index is -1.65. The Bertz CT molecular complexity index is 2290. The van der Waals surface area contributed by atoms with E-state index in [1.807, 2.05) is 13.8 Å². The van der Waals surface area contributed by atoms with Crippen molar-refractivity contribution in [2.75, 3.05) is 0 Å². The van der Waals surface area contributed by atoms with Gasteiger partial charge in [0.2, 0.25) is 0 Å². The summed E-state index contributed by atoms with van der Waals surface area (Å²) < 4.78 is 11.8. The molecule has 0 aliphatic carbocycles. The number of furan rings is 2. The van der Waals surface area contributed by atoms with E-state index in [1.165, 1.54) is 66.1 Å². The SMILES string of the molecule is C[Si](C)=[Zr]([Cl])[Cl].Cc1cc(-c2cc3c(-c4ccccc4)c(C)ccc3[cH-]2)oc1C.Cc1cc(-c2cc3c(-c4ccccc4)c(C)ccc3[cH-]2)oc1C. The topological polar surface area (TPSA) is 26.3 Å². The van der Waals surface area contributed by atoms with Crippen molar-refractivity contribution in [1.82, 2.24) is 0 Å². The van der Waals surface area contributed by atoms with E-state index < -0.39 is 18.0 Å². The van der Waals surface area contributed by atoms with Crippen molar-refractivity contribution in [1.29, 1.82) is 0 Å². The second-order valence-corrected chi connectivity index (χ2v) is 36.7. The molecule has 8 rings (SSSR count). The number of fused-ring (bicyclic) bond motifs is 2. The van der Waals surface area contributed by atoms with Gasteiger partial charge in [-0.3, -0.25) is 0 Å². The van der Waals surface area contributed by atoms with Crippen molar-refractivity contribution in [2.45, 2.75) is 54.6 Å². The third kappa shape index (κ3) is 8.42. The van der Waals surface area contributed by atoms with E-state index in [4.69, 9.17) is 25.9 Å². The summed E-state index contributed by atoms with van der Waals surface area (Å²) in [6, 6.07) is 43.2. The monoisotopic (exact) mass is 816 g/mol. The molecule has 0 aliphatic heterocycles. The molecule has 0 amide bonds. The van der Waals surface area contributed by atoms with Crippen molar-refractivity contribution < 1.29 is 26.8 Å². The quantitative estimate of drug-likeness (QED) is 0.131. The Labute approximate surface area is 323 Å². The molecule has 0 N–H and O–H groups in total. The van der Waals surface area contributed by atoms with Crippen molar-refractivity contribution >= 4 is 44.0 Å². The molecule has 0 radical (unpaired) electrons. The third-order valence-corrected chi connectivity index (χ3v) is 29.3. The first-order valence-corrected chi connectivity index (χ1v) is 30.1. The minimum absolute atomic E-state index is 0.224. The van der Waals surface area contributed by atoms with Crippen LogP contribution in [-0.2, 0) is 18.0 Å². The van der Waals surface area contributed by atoms with Gasteiger partial charge in [-0.05, 0) is 87.1 Å². The summed E-state index contributed by atoms with van der Waals surface area (Å²) in [6.45, 7) is 16.9. The predicted molar refractivity (Wildman–Crippen MR) is 223 cm³/mol. The van der Waals surface area contributed by atoms with Gasteiger partial charge in [-0.2, -0.15) is 0 Å². The van der Waals surface area contributed by atoms with Crippen LogP contribution in [0.25, 0.3) is 66.4 Å². The molecule has 52 heavy (non-hydrogen) atoms. The molecule has 8 aromatic rings. The molecule has 6 aromatic carbocycles. The Morgan fingerprint density at radius 3 is 1.17 bits per heavy atom. The average Bonchev–Trinajstić information content (AvgIpc) is 3.91. The van der Waals surface area contributed by atoms with Crippen LogP contribution < -0.4 is 0 Å². The molecular weight excluding hydrogens is 775 g/mol. The zero-order valence-electron chi connectivity index (χ0n) is 31.1. The van der Waals surface area contributed by atoms with Gasteiger partial charge in [0.15, 0.2) is 0 Å². The molecular formula is C46H44Cl2O2SiZr-2. The number of aryl methyl sites for hydroxylation is 6. The van der Waals surface area contributed by atoms with Gasteiger partial charge < -0.3 is 8.83 Å². The van der Waals surface area contributed by atoms with Gasteiger partial charge in [-0.1, -0.05) is 95.1 Å². The van der Waals surface area contributed by atoms with E-state index in [9.17, 15) is 0 Å². The van der Waals surface area contributed by atoms with Gasteiger partial charge in [0, 0.05) is 0 Å². The predicted octanol–water partition coefficient (Wildman–Crippen LogP) is 15.0. The maximum atomic E-state index is 5.91. The fourth-order valence-electron chi connectivity index (χ4n) is 6.47. The summed E-state index contributed by atoms with van der Waals surface area (Å²) in [5.74, 6) is 3.88. The summed E-state index contributed by atoms with van der Waals surface area (Å²) in [6.07, 6.45) is 0. The van der Waals surface area contributed by atoms with Gasteiger partial charge in [-0.25, -0.2) is 0 Å². The normalized spacial score (nSPS) is 10.9. The average molecular weight is 819 g/mol. The first-order valence-electron chi connectivity index (χ1n) is 17.6. The number of hydrogen-bond acceptors (Lipinski definition) is 2.